The molecule has 1 atom stereocenters. The number of amidine groups is 1. The van der Waals surface area contributed by atoms with Gasteiger partial charge in [0.25, 0.3) is 0 Å². The van der Waals surface area contributed by atoms with Gasteiger partial charge in [0.2, 0.25) is 0 Å². The topological polar surface area (TPSA) is 28.0 Å². The molecule has 0 aromatic heterocycles. The van der Waals surface area contributed by atoms with Gasteiger partial charge in [0.1, 0.15) is 4.05 Å². The summed E-state index contributed by atoms with van der Waals surface area (Å²) >= 11 is 14.7. The Labute approximate surface area is 128 Å². The first-order valence-corrected chi connectivity index (χ1v) is 7.35. The fourth-order valence-corrected chi connectivity index (χ4v) is 3.00. The lowest BCUT2D eigenvalue weighted by Gasteiger charge is -2.24. The number of hydrogen-bond acceptors (Lipinski definition) is 3. The van der Waals surface area contributed by atoms with E-state index in [1.165, 1.54) is 0 Å². The molecule has 1 aromatic rings. The molecule has 6 heteroatoms. The lowest BCUT2D eigenvalue weighted by atomic mass is 10.1. The molecule has 1 unspecified atom stereocenters. The van der Waals surface area contributed by atoms with E-state index in [0.717, 1.165) is 23.6 Å². The third-order valence-electron chi connectivity index (χ3n) is 2.75. The summed E-state index contributed by atoms with van der Waals surface area (Å²) in [7, 11) is 0. The van der Waals surface area contributed by atoms with Crippen LogP contribution in [0.25, 0.3) is 5.70 Å². The molecule has 0 fully saturated rings. The van der Waals surface area contributed by atoms with E-state index in [2.05, 4.69) is 32.6 Å². The number of hydrogen-bond donors (Lipinski definition) is 0. The molecule has 0 amide bonds. The molecule has 92 valence electrons. The highest BCUT2D eigenvalue weighted by Gasteiger charge is 2.30. The lowest BCUT2D eigenvalue weighted by Crippen LogP contribution is -2.33. The smallest absolute Gasteiger partial charge is 0.172 e. The van der Waals surface area contributed by atoms with Gasteiger partial charge >= 0.3 is 0 Å². The standard InChI is InChI=1S/C12H8Cl2IN3/c13-8-4-2-1-3-7(8)9-6-18-10(15)5-16-12(18)11(14)17-9/h1-4,6,10H,5H2. The van der Waals surface area contributed by atoms with Crippen molar-refractivity contribution < 1.29 is 0 Å². The van der Waals surface area contributed by atoms with E-state index >= 15 is 0 Å². The van der Waals surface area contributed by atoms with Gasteiger partial charge in [-0.3, -0.25) is 4.99 Å². The Bertz CT molecular complexity index is 595. The van der Waals surface area contributed by atoms with E-state index in [1.807, 2.05) is 35.4 Å². The minimum absolute atomic E-state index is 0.277. The molecule has 0 radical (unpaired) electrons. The van der Waals surface area contributed by atoms with Gasteiger partial charge in [0, 0.05) is 11.8 Å². The predicted molar refractivity (Wildman–Crippen MR) is 84.7 cm³/mol. The Hall–Kier alpha value is -0.590. The average Bonchev–Trinajstić information content (AvgIpc) is 2.72. The van der Waals surface area contributed by atoms with Gasteiger partial charge in [-0.1, -0.05) is 64.0 Å². The maximum atomic E-state index is 6.18. The molecular formula is C12H8Cl2IN3. The molecule has 2 aliphatic rings. The summed E-state index contributed by atoms with van der Waals surface area (Å²) in [5, 5.41) is 1.09. The Morgan fingerprint density at radius 2 is 2.06 bits per heavy atom. The molecule has 18 heavy (non-hydrogen) atoms. The molecule has 0 N–H and O–H groups in total. The van der Waals surface area contributed by atoms with Crippen molar-refractivity contribution >= 4 is 62.5 Å². The SMILES string of the molecule is ClC1=NC(c2ccccc2Cl)=CN2C1=NCC2I. The highest BCUT2D eigenvalue weighted by Crippen LogP contribution is 2.31. The summed E-state index contributed by atoms with van der Waals surface area (Å²) in [4.78, 5) is 10.8. The second kappa shape index (κ2) is 4.83. The van der Waals surface area contributed by atoms with Crippen LogP contribution in [0.2, 0.25) is 5.02 Å². The van der Waals surface area contributed by atoms with Gasteiger partial charge in [-0.15, -0.1) is 0 Å². The predicted octanol–water partition coefficient (Wildman–Crippen LogP) is 3.76. The second-order valence-electron chi connectivity index (χ2n) is 3.90. The van der Waals surface area contributed by atoms with Crippen molar-refractivity contribution in [3.05, 3.63) is 41.1 Å². The summed E-state index contributed by atoms with van der Waals surface area (Å²) in [6.45, 7) is 0.730. The number of alkyl halides is 1. The maximum Gasteiger partial charge on any atom is 0.172 e. The van der Waals surface area contributed by atoms with Crippen LogP contribution in [0, 0.1) is 0 Å². The molecule has 0 aliphatic carbocycles. The van der Waals surface area contributed by atoms with Crippen LogP contribution in [0.4, 0.5) is 0 Å². The van der Waals surface area contributed by atoms with E-state index in [9.17, 15) is 0 Å². The number of halogens is 3. The van der Waals surface area contributed by atoms with Crippen molar-refractivity contribution in [2.75, 3.05) is 6.54 Å². The van der Waals surface area contributed by atoms with E-state index < -0.39 is 0 Å². The largest absolute Gasteiger partial charge is 0.314 e. The first-order valence-electron chi connectivity index (χ1n) is 5.35. The first-order chi connectivity index (χ1) is 8.66. The normalized spacial score (nSPS) is 22.3. The van der Waals surface area contributed by atoms with Crippen LogP contribution < -0.4 is 0 Å². The van der Waals surface area contributed by atoms with Gasteiger partial charge in [-0.25, -0.2) is 4.99 Å². The summed E-state index contributed by atoms with van der Waals surface area (Å²) in [5.41, 5.74) is 1.65. The fraction of sp³-hybridized carbons (Fsp3) is 0.167. The highest BCUT2D eigenvalue weighted by molar-refractivity contribution is 14.1. The molecule has 0 bridgehead atoms. The van der Waals surface area contributed by atoms with Gasteiger partial charge in [0.15, 0.2) is 11.0 Å². The van der Waals surface area contributed by atoms with Gasteiger partial charge in [-0.2, -0.15) is 0 Å². The number of benzene rings is 1. The van der Waals surface area contributed by atoms with Crippen molar-refractivity contribution in [3.63, 3.8) is 0 Å². The Morgan fingerprint density at radius 1 is 1.28 bits per heavy atom. The van der Waals surface area contributed by atoms with E-state index in [1.54, 1.807) is 0 Å². The van der Waals surface area contributed by atoms with Crippen LogP contribution >= 0.6 is 45.8 Å². The molecule has 0 saturated heterocycles. The van der Waals surface area contributed by atoms with Gasteiger partial charge in [-0.05, 0) is 6.07 Å². The minimum Gasteiger partial charge on any atom is -0.314 e. The van der Waals surface area contributed by atoms with Gasteiger partial charge in [0.05, 0.1) is 17.3 Å². The Morgan fingerprint density at radius 3 is 2.83 bits per heavy atom. The third-order valence-corrected chi connectivity index (χ3v) is 4.33. The van der Waals surface area contributed by atoms with E-state index in [0.29, 0.717) is 10.2 Å². The van der Waals surface area contributed by atoms with E-state index in [-0.39, 0.29) is 4.05 Å². The van der Waals surface area contributed by atoms with Crippen LogP contribution in [0.3, 0.4) is 0 Å². The number of aliphatic imine (C=N–C) groups is 2. The number of fused-ring (bicyclic) bond motifs is 1. The van der Waals surface area contributed by atoms with Crippen molar-refractivity contribution in [1.82, 2.24) is 4.90 Å². The van der Waals surface area contributed by atoms with Crippen molar-refractivity contribution in [2.45, 2.75) is 4.05 Å². The van der Waals surface area contributed by atoms with Crippen LogP contribution in [0.1, 0.15) is 5.56 Å². The zero-order valence-electron chi connectivity index (χ0n) is 9.15. The molecule has 3 nitrogen and oxygen atoms in total. The maximum absolute atomic E-state index is 6.18. The highest BCUT2D eigenvalue weighted by atomic mass is 127. The summed E-state index contributed by atoms with van der Waals surface area (Å²) in [6, 6.07) is 7.60. The summed E-state index contributed by atoms with van der Waals surface area (Å²) in [6.07, 6.45) is 1.95. The zero-order chi connectivity index (χ0) is 12.7. The quantitative estimate of drug-likeness (QED) is 0.407. The van der Waals surface area contributed by atoms with E-state index in [4.69, 9.17) is 23.2 Å². The van der Waals surface area contributed by atoms with Crippen LogP contribution in [-0.4, -0.2) is 26.5 Å². The Kier molecular flexibility index (Phi) is 3.34. The van der Waals surface area contributed by atoms with Crippen LogP contribution in [0.15, 0.2) is 40.5 Å². The fourth-order valence-electron chi connectivity index (χ4n) is 1.89. The molecule has 3 rings (SSSR count). The van der Waals surface area contributed by atoms with Crippen molar-refractivity contribution in [2.24, 2.45) is 9.98 Å². The molecular weight excluding hydrogens is 384 g/mol. The Balaban J connectivity index is 2.07. The monoisotopic (exact) mass is 391 g/mol. The molecule has 0 saturated carbocycles. The lowest BCUT2D eigenvalue weighted by molar-refractivity contribution is 0.593. The second-order valence-corrected chi connectivity index (χ2v) is 6.11. The number of nitrogens with zero attached hydrogens (tertiary/aromatic N) is 3. The van der Waals surface area contributed by atoms with Crippen molar-refractivity contribution in [1.29, 1.82) is 0 Å². The van der Waals surface area contributed by atoms with Gasteiger partial charge < -0.3 is 4.90 Å². The van der Waals surface area contributed by atoms with Crippen LogP contribution in [0.5, 0.6) is 0 Å². The summed E-state index contributed by atoms with van der Waals surface area (Å²) < 4.78 is 0.277. The molecule has 2 heterocycles. The zero-order valence-corrected chi connectivity index (χ0v) is 12.8. The first kappa shape index (κ1) is 12.4. The van der Waals surface area contributed by atoms with Crippen molar-refractivity contribution in [3.8, 4) is 0 Å². The molecule has 2 aliphatic heterocycles. The average molecular weight is 392 g/mol. The number of rotatable bonds is 1. The summed E-state index contributed by atoms with van der Waals surface area (Å²) in [5.74, 6) is 0.742. The molecule has 1 aromatic carbocycles. The molecule has 0 spiro atoms. The third kappa shape index (κ3) is 2.06. The van der Waals surface area contributed by atoms with Crippen LogP contribution in [-0.2, 0) is 0 Å². The minimum atomic E-state index is 0.277.